The molecule has 0 saturated heterocycles. The topological polar surface area (TPSA) is 20.2 Å². The van der Waals surface area contributed by atoms with Crippen molar-refractivity contribution in [2.45, 2.75) is 31.8 Å². The first-order valence-corrected chi connectivity index (χ1v) is 6.80. The molecular formula is C14H15ClF2O. The van der Waals surface area contributed by atoms with Gasteiger partial charge in [-0.25, -0.2) is 8.78 Å². The third-order valence-corrected chi connectivity index (χ3v) is 4.77. The first-order valence-electron chi connectivity index (χ1n) is 6.42. The van der Waals surface area contributed by atoms with E-state index in [9.17, 15) is 13.9 Å². The lowest BCUT2D eigenvalue weighted by Gasteiger charge is -2.13. The molecule has 1 aromatic rings. The third kappa shape index (κ3) is 1.94. The van der Waals surface area contributed by atoms with Gasteiger partial charge in [0.1, 0.15) is 0 Å². The van der Waals surface area contributed by atoms with Crippen molar-refractivity contribution in [3.8, 4) is 0 Å². The van der Waals surface area contributed by atoms with E-state index in [0.717, 1.165) is 25.0 Å². The predicted molar refractivity (Wildman–Crippen MR) is 65.3 cm³/mol. The molecule has 0 aromatic heterocycles. The molecule has 2 fully saturated rings. The molecule has 2 aliphatic rings. The maximum Gasteiger partial charge on any atom is 0.160 e. The zero-order chi connectivity index (χ0) is 12.9. The van der Waals surface area contributed by atoms with Gasteiger partial charge in [-0.05, 0) is 42.7 Å². The molecular weight excluding hydrogens is 258 g/mol. The SMILES string of the molecule is OC(c1cc(F)c(F)cc1Cl)C1C2CCCCC21. The largest absolute Gasteiger partial charge is 0.388 e. The summed E-state index contributed by atoms with van der Waals surface area (Å²) in [4.78, 5) is 0. The summed E-state index contributed by atoms with van der Waals surface area (Å²) in [5.74, 6) is -0.660. The van der Waals surface area contributed by atoms with Crippen LogP contribution in [0, 0.1) is 29.4 Å². The first-order chi connectivity index (χ1) is 8.59. The highest BCUT2D eigenvalue weighted by Gasteiger charge is 2.54. The van der Waals surface area contributed by atoms with Crippen molar-refractivity contribution in [3.63, 3.8) is 0 Å². The van der Waals surface area contributed by atoms with E-state index in [1.807, 2.05) is 0 Å². The third-order valence-electron chi connectivity index (χ3n) is 4.45. The van der Waals surface area contributed by atoms with Gasteiger partial charge >= 0.3 is 0 Å². The molecule has 18 heavy (non-hydrogen) atoms. The lowest BCUT2D eigenvalue weighted by Crippen LogP contribution is -2.04. The highest BCUT2D eigenvalue weighted by Crippen LogP contribution is 2.60. The first kappa shape index (κ1) is 12.4. The van der Waals surface area contributed by atoms with Gasteiger partial charge in [-0.15, -0.1) is 0 Å². The van der Waals surface area contributed by atoms with E-state index in [4.69, 9.17) is 11.6 Å². The summed E-state index contributed by atoms with van der Waals surface area (Å²) in [6.45, 7) is 0. The molecule has 0 radical (unpaired) electrons. The standard InChI is InChI=1S/C14H15ClF2O/c15-10-6-12(17)11(16)5-9(10)14(18)13-7-3-1-2-4-8(7)13/h5-8,13-14,18H,1-4H2. The fourth-order valence-electron chi connectivity index (χ4n) is 3.49. The Hall–Kier alpha value is -0.670. The van der Waals surface area contributed by atoms with E-state index in [2.05, 4.69) is 0 Å². The summed E-state index contributed by atoms with van der Waals surface area (Å²) in [6, 6.07) is 1.98. The Balaban J connectivity index is 1.85. The molecule has 3 rings (SSSR count). The Bertz CT molecular complexity index is 465. The number of benzene rings is 1. The van der Waals surface area contributed by atoms with E-state index in [0.29, 0.717) is 17.4 Å². The van der Waals surface area contributed by atoms with Crippen molar-refractivity contribution in [2.24, 2.45) is 17.8 Å². The lowest BCUT2D eigenvalue weighted by molar-refractivity contribution is 0.141. The van der Waals surface area contributed by atoms with Gasteiger partial charge in [-0.3, -0.25) is 0 Å². The van der Waals surface area contributed by atoms with Crippen LogP contribution in [-0.2, 0) is 0 Å². The molecule has 4 heteroatoms. The number of halogens is 3. The van der Waals surface area contributed by atoms with Crippen LogP contribution in [-0.4, -0.2) is 5.11 Å². The van der Waals surface area contributed by atoms with Gasteiger partial charge in [0.05, 0.1) is 6.10 Å². The fraction of sp³-hybridized carbons (Fsp3) is 0.571. The predicted octanol–water partition coefficient (Wildman–Crippen LogP) is 4.09. The number of rotatable bonds is 2. The van der Waals surface area contributed by atoms with Crippen LogP contribution >= 0.6 is 11.6 Å². The number of aliphatic hydroxyl groups is 1. The smallest absolute Gasteiger partial charge is 0.160 e. The lowest BCUT2D eigenvalue weighted by atomic mass is 10.0. The summed E-state index contributed by atoms with van der Waals surface area (Å²) >= 11 is 5.90. The van der Waals surface area contributed by atoms with Gasteiger partial charge in [0.2, 0.25) is 0 Å². The molecule has 98 valence electrons. The molecule has 0 amide bonds. The van der Waals surface area contributed by atoms with E-state index in [1.165, 1.54) is 12.8 Å². The van der Waals surface area contributed by atoms with Crippen LogP contribution in [0.15, 0.2) is 12.1 Å². The molecule has 3 unspecified atom stereocenters. The Kier molecular flexibility index (Phi) is 3.07. The minimum absolute atomic E-state index is 0.116. The van der Waals surface area contributed by atoms with Gasteiger partial charge in [-0.1, -0.05) is 24.4 Å². The molecule has 2 aliphatic carbocycles. The Morgan fingerprint density at radius 1 is 1.11 bits per heavy atom. The van der Waals surface area contributed by atoms with Gasteiger partial charge in [0.25, 0.3) is 0 Å². The number of hydrogen-bond donors (Lipinski definition) is 1. The highest BCUT2D eigenvalue weighted by atomic mass is 35.5. The van der Waals surface area contributed by atoms with Crippen molar-refractivity contribution < 1.29 is 13.9 Å². The molecule has 2 saturated carbocycles. The van der Waals surface area contributed by atoms with Crippen LogP contribution in [0.5, 0.6) is 0 Å². The Labute approximate surface area is 110 Å². The normalized spacial score (nSPS) is 31.9. The van der Waals surface area contributed by atoms with Crippen LogP contribution in [0.2, 0.25) is 5.02 Å². The van der Waals surface area contributed by atoms with Gasteiger partial charge in [-0.2, -0.15) is 0 Å². The van der Waals surface area contributed by atoms with E-state index in [-0.39, 0.29) is 10.9 Å². The van der Waals surface area contributed by atoms with Crippen molar-refractivity contribution >= 4 is 11.6 Å². The molecule has 0 aliphatic heterocycles. The molecule has 1 N–H and O–H groups in total. The van der Waals surface area contributed by atoms with E-state index in [1.54, 1.807) is 0 Å². The van der Waals surface area contributed by atoms with Crippen LogP contribution in [0.4, 0.5) is 8.78 Å². The van der Waals surface area contributed by atoms with Gasteiger partial charge in [0, 0.05) is 10.6 Å². The van der Waals surface area contributed by atoms with Crippen molar-refractivity contribution in [1.29, 1.82) is 0 Å². The molecule has 3 atom stereocenters. The number of aliphatic hydroxyl groups excluding tert-OH is 1. The van der Waals surface area contributed by atoms with Crippen LogP contribution in [0.25, 0.3) is 0 Å². The summed E-state index contributed by atoms with van der Waals surface area (Å²) in [5, 5.41) is 10.4. The average molecular weight is 273 g/mol. The van der Waals surface area contributed by atoms with Crippen LogP contribution in [0.3, 0.4) is 0 Å². The van der Waals surface area contributed by atoms with E-state index < -0.39 is 17.7 Å². The zero-order valence-corrected chi connectivity index (χ0v) is 10.6. The summed E-state index contributed by atoms with van der Waals surface area (Å²) in [7, 11) is 0. The maximum absolute atomic E-state index is 13.2. The minimum Gasteiger partial charge on any atom is -0.388 e. The number of fused-ring (bicyclic) bond motifs is 1. The monoisotopic (exact) mass is 272 g/mol. The van der Waals surface area contributed by atoms with Crippen LogP contribution < -0.4 is 0 Å². The highest BCUT2D eigenvalue weighted by molar-refractivity contribution is 6.31. The minimum atomic E-state index is -0.968. The Morgan fingerprint density at radius 3 is 2.28 bits per heavy atom. The second-order valence-corrected chi connectivity index (χ2v) is 5.83. The van der Waals surface area contributed by atoms with Gasteiger partial charge in [0.15, 0.2) is 11.6 Å². The Morgan fingerprint density at radius 2 is 1.67 bits per heavy atom. The van der Waals surface area contributed by atoms with Gasteiger partial charge < -0.3 is 5.11 Å². The molecule has 0 heterocycles. The van der Waals surface area contributed by atoms with Crippen molar-refractivity contribution in [2.75, 3.05) is 0 Å². The maximum atomic E-state index is 13.2. The molecule has 1 nitrogen and oxygen atoms in total. The second kappa shape index (κ2) is 4.46. The van der Waals surface area contributed by atoms with E-state index >= 15 is 0 Å². The summed E-state index contributed by atoms with van der Waals surface area (Å²) in [5.41, 5.74) is 0.329. The quantitative estimate of drug-likeness (QED) is 0.804. The second-order valence-electron chi connectivity index (χ2n) is 5.42. The summed E-state index contributed by atoms with van der Waals surface area (Å²) in [6.07, 6.45) is 3.91. The molecule has 1 aromatic carbocycles. The molecule has 0 spiro atoms. The van der Waals surface area contributed by atoms with Crippen molar-refractivity contribution in [3.05, 3.63) is 34.4 Å². The summed E-state index contributed by atoms with van der Waals surface area (Å²) < 4.78 is 26.2. The fourth-order valence-corrected chi connectivity index (χ4v) is 3.75. The van der Waals surface area contributed by atoms with Crippen LogP contribution in [0.1, 0.15) is 37.4 Å². The number of hydrogen-bond acceptors (Lipinski definition) is 1. The van der Waals surface area contributed by atoms with Crippen molar-refractivity contribution in [1.82, 2.24) is 0 Å². The average Bonchev–Trinajstić information content (AvgIpc) is 3.07. The zero-order valence-electron chi connectivity index (χ0n) is 9.87. The molecule has 0 bridgehead atoms.